The largest absolute Gasteiger partial charge is 0.459 e. The maximum Gasteiger partial charge on any atom is 0.416 e. The molecule has 1 fully saturated rings. The summed E-state index contributed by atoms with van der Waals surface area (Å²) in [6.45, 7) is 5.20. The van der Waals surface area contributed by atoms with E-state index in [9.17, 15) is 22.8 Å². The van der Waals surface area contributed by atoms with E-state index in [0.29, 0.717) is 31.9 Å². The average molecular weight is 423 g/mol. The zero-order valence-electron chi connectivity index (χ0n) is 16.8. The molecule has 30 heavy (non-hydrogen) atoms. The van der Waals surface area contributed by atoms with Crippen molar-refractivity contribution in [2.24, 2.45) is 5.92 Å². The van der Waals surface area contributed by atoms with Gasteiger partial charge in [-0.1, -0.05) is 19.9 Å². The molecule has 6 nitrogen and oxygen atoms in total. The van der Waals surface area contributed by atoms with Gasteiger partial charge in [-0.05, 0) is 36.2 Å². The van der Waals surface area contributed by atoms with Gasteiger partial charge in [-0.2, -0.15) is 13.2 Å². The Morgan fingerprint density at radius 1 is 1.07 bits per heavy atom. The Morgan fingerprint density at radius 3 is 2.33 bits per heavy atom. The maximum atomic E-state index is 13.0. The first-order valence-corrected chi connectivity index (χ1v) is 9.72. The van der Waals surface area contributed by atoms with Crippen molar-refractivity contribution in [3.63, 3.8) is 0 Å². The summed E-state index contributed by atoms with van der Waals surface area (Å²) in [6, 6.07) is 7.57. The normalized spacial score (nSPS) is 15.9. The van der Waals surface area contributed by atoms with Crippen LogP contribution in [0.15, 0.2) is 47.1 Å². The molecule has 0 spiro atoms. The van der Waals surface area contributed by atoms with Gasteiger partial charge in [-0.15, -0.1) is 0 Å². The molecule has 1 aromatic heterocycles. The topological polar surface area (TPSA) is 65.8 Å². The molecule has 9 heteroatoms. The summed E-state index contributed by atoms with van der Waals surface area (Å²) in [4.78, 5) is 28.7. The Hall–Kier alpha value is -2.97. The standard InChI is InChI=1S/C21H24F3N3O3/c1-14(2)18(25-19(28)17-7-4-12-30-17)20(29)27-10-8-26(9-11-27)16-6-3-5-15(13-16)21(22,23)24/h3-7,12-14,18H,8-11H2,1-2H3,(H,25,28)/t18-/m1/s1. The number of anilines is 1. The molecule has 162 valence electrons. The number of alkyl halides is 3. The van der Waals surface area contributed by atoms with Crippen molar-refractivity contribution in [1.29, 1.82) is 0 Å². The van der Waals surface area contributed by atoms with Crippen LogP contribution in [0.25, 0.3) is 0 Å². The van der Waals surface area contributed by atoms with E-state index in [1.54, 1.807) is 17.0 Å². The van der Waals surface area contributed by atoms with E-state index in [1.165, 1.54) is 18.4 Å². The van der Waals surface area contributed by atoms with Crippen molar-refractivity contribution in [2.45, 2.75) is 26.1 Å². The van der Waals surface area contributed by atoms with Gasteiger partial charge in [0.15, 0.2) is 5.76 Å². The van der Waals surface area contributed by atoms with Crippen LogP contribution in [0.4, 0.5) is 18.9 Å². The third-order valence-electron chi connectivity index (χ3n) is 5.09. The molecular formula is C21H24F3N3O3. The highest BCUT2D eigenvalue weighted by molar-refractivity contribution is 5.95. The Kier molecular flexibility index (Phi) is 6.38. The Bertz CT molecular complexity index is 873. The minimum absolute atomic E-state index is 0.128. The third kappa shape index (κ3) is 4.95. The van der Waals surface area contributed by atoms with Crippen molar-refractivity contribution >= 4 is 17.5 Å². The molecule has 0 radical (unpaired) electrons. The fraction of sp³-hybridized carbons (Fsp3) is 0.429. The molecule has 2 amide bonds. The van der Waals surface area contributed by atoms with E-state index in [-0.39, 0.29) is 17.6 Å². The van der Waals surface area contributed by atoms with Crippen LogP contribution in [-0.2, 0) is 11.0 Å². The minimum Gasteiger partial charge on any atom is -0.459 e. The summed E-state index contributed by atoms with van der Waals surface area (Å²) >= 11 is 0. The van der Waals surface area contributed by atoms with Crippen LogP contribution >= 0.6 is 0 Å². The number of piperazine rings is 1. The van der Waals surface area contributed by atoms with Crippen LogP contribution in [0.1, 0.15) is 30.0 Å². The van der Waals surface area contributed by atoms with Crippen molar-refractivity contribution in [3.05, 3.63) is 54.0 Å². The van der Waals surface area contributed by atoms with Crippen molar-refractivity contribution < 1.29 is 27.2 Å². The number of nitrogens with one attached hydrogen (secondary N) is 1. The quantitative estimate of drug-likeness (QED) is 0.801. The van der Waals surface area contributed by atoms with E-state index in [1.807, 2.05) is 18.7 Å². The highest BCUT2D eigenvalue weighted by atomic mass is 19.4. The second kappa shape index (κ2) is 8.81. The SMILES string of the molecule is CC(C)[C@@H](NC(=O)c1ccco1)C(=O)N1CCN(c2cccc(C(F)(F)F)c2)CC1. The van der Waals surface area contributed by atoms with Crippen LogP contribution in [0.2, 0.25) is 0 Å². The molecule has 2 aromatic rings. The van der Waals surface area contributed by atoms with Gasteiger partial charge in [0, 0.05) is 31.9 Å². The number of carbonyl (C=O) groups is 2. The molecule has 0 aliphatic carbocycles. The predicted octanol–water partition coefficient (Wildman–Crippen LogP) is 3.40. The number of amides is 2. The summed E-state index contributed by atoms with van der Waals surface area (Å²) in [6.07, 6.45) is -3.02. The number of halogens is 3. The summed E-state index contributed by atoms with van der Waals surface area (Å²) in [5, 5.41) is 2.72. The van der Waals surface area contributed by atoms with Crippen molar-refractivity contribution in [3.8, 4) is 0 Å². The summed E-state index contributed by atoms with van der Waals surface area (Å²) in [7, 11) is 0. The monoisotopic (exact) mass is 423 g/mol. The van der Waals surface area contributed by atoms with Crippen molar-refractivity contribution in [1.82, 2.24) is 10.2 Å². The fourth-order valence-electron chi connectivity index (χ4n) is 3.39. The lowest BCUT2D eigenvalue weighted by molar-refractivity contribution is -0.137. The zero-order valence-corrected chi connectivity index (χ0v) is 16.8. The summed E-state index contributed by atoms with van der Waals surface area (Å²) in [5.74, 6) is -0.691. The molecule has 1 aliphatic rings. The lowest BCUT2D eigenvalue weighted by atomic mass is 10.0. The summed E-state index contributed by atoms with van der Waals surface area (Å²) < 4.78 is 44.0. The van der Waals surface area contributed by atoms with Crippen molar-refractivity contribution in [2.75, 3.05) is 31.1 Å². The van der Waals surface area contributed by atoms with E-state index in [4.69, 9.17) is 4.42 Å². The smallest absolute Gasteiger partial charge is 0.416 e. The van der Waals surface area contributed by atoms with Crippen LogP contribution < -0.4 is 10.2 Å². The van der Waals surface area contributed by atoms with Crippen LogP contribution in [-0.4, -0.2) is 48.9 Å². The van der Waals surface area contributed by atoms with E-state index >= 15 is 0 Å². The highest BCUT2D eigenvalue weighted by Gasteiger charge is 2.33. The first-order valence-electron chi connectivity index (χ1n) is 9.72. The molecule has 1 aliphatic heterocycles. The number of nitrogens with zero attached hydrogens (tertiary/aromatic N) is 2. The lowest BCUT2D eigenvalue weighted by Gasteiger charge is -2.38. The number of hydrogen-bond donors (Lipinski definition) is 1. The van der Waals surface area contributed by atoms with E-state index < -0.39 is 23.7 Å². The zero-order chi connectivity index (χ0) is 21.9. The Labute approximate surface area is 172 Å². The lowest BCUT2D eigenvalue weighted by Crippen LogP contribution is -2.56. The predicted molar refractivity (Wildman–Crippen MR) is 105 cm³/mol. The van der Waals surface area contributed by atoms with Gasteiger partial charge in [-0.3, -0.25) is 9.59 Å². The van der Waals surface area contributed by atoms with Crippen LogP contribution in [0.5, 0.6) is 0 Å². The number of hydrogen-bond acceptors (Lipinski definition) is 4. The molecule has 1 saturated heterocycles. The maximum absolute atomic E-state index is 13.0. The number of furan rings is 1. The van der Waals surface area contributed by atoms with Gasteiger partial charge in [0.25, 0.3) is 5.91 Å². The Balaban J connectivity index is 1.63. The molecule has 1 aromatic carbocycles. The highest BCUT2D eigenvalue weighted by Crippen LogP contribution is 2.32. The number of rotatable bonds is 5. The molecule has 2 heterocycles. The molecule has 1 N–H and O–H groups in total. The van der Waals surface area contributed by atoms with Gasteiger partial charge in [-0.25, -0.2) is 0 Å². The average Bonchev–Trinajstić information content (AvgIpc) is 3.26. The van der Waals surface area contributed by atoms with E-state index in [0.717, 1.165) is 12.1 Å². The van der Waals surface area contributed by atoms with Gasteiger partial charge < -0.3 is 19.5 Å². The van der Waals surface area contributed by atoms with Crippen LogP contribution in [0, 0.1) is 5.92 Å². The minimum atomic E-state index is -4.40. The molecule has 1 atom stereocenters. The second-order valence-electron chi connectivity index (χ2n) is 7.53. The number of benzene rings is 1. The molecule has 3 rings (SSSR count). The van der Waals surface area contributed by atoms with Gasteiger partial charge in [0.1, 0.15) is 6.04 Å². The van der Waals surface area contributed by atoms with Crippen LogP contribution in [0.3, 0.4) is 0 Å². The second-order valence-corrected chi connectivity index (χ2v) is 7.53. The molecule has 0 bridgehead atoms. The first-order chi connectivity index (χ1) is 14.2. The van der Waals surface area contributed by atoms with Gasteiger partial charge >= 0.3 is 6.18 Å². The Morgan fingerprint density at radius 2 is 1.77 bits per heavy atom. The van der Waals surface area contributed by atoms with E-state index in [2.05, 4.69) is 5.32 Å². The molecular weight excluding hydrogens is 399 g/mol. The summed E-state index contributed by atoms with van der Waals surface area (Å²) in [5.41, 5.74) is -0.220. The fourth-order valence-corrected chi connectivity index (χ4v) is 3.39. The molecule has 0 unspecified atom stereocenters. The number of carbonyl (C=O) groups excluding carboxylic acids is 2. The van der Waals surface area contributed by atoms with Gasteiger partial charge in [0.2, 0.25) is 5.91 Å². The third-order valence-corrected chi connectivity index (χ3v) is 5.09. The first kappa shape index (κ1) is 21.7. The molecule has 0 saturated carbocycles. The van der Waals surface area contributed by atoms with Gasteiger partial charge in [0.05, 0.1) is 11.8 Å².